The van der Waals surface area contributed by atoms with Crippen LogP contribution in [0.1, 0.15) is 23.9 Å². The van der Waals surface area contributed by atoms with Gasteiger partial charge in [-0.15, -0.1) is 11.3 Å². The fourth-order valence-electron chi connectivity index (χ4n) is 2.63. The first-order chi connectivity index (χ1) is 12.6. The molecule has 0 aliphatic heterocycles. The molecule has 0 bridgehead atoms. The molecule has 1 aromatic carbocycles. The maximum Gasteiger partial charge on any atom is 0.227 e. The highest BCUT2D eigenvalue weighted by molar-refractivity contribution is 7.13. The van der Waals surface area contributed by atoms with Gasteiger partial charge in [0.25, 0.3) is 0 Å². The van der Waals surface area contributed by atoms with Gasteiger partial charge in [-0.25, -0.2) is 0 Å². The van der Waals surface area contributed by atoms with Crippen LogP contribution in [-0.2, 0) is 11.2 Å². The summed E-state index contributed by atoms with van der Waals surface area (Å²) in [7, 11) is 3.99. The van der Waals surface area contributed by atoms with Crippen molar-refractivity contribution < 1.29 is 9.32 Å². The molecule has 3 rings (SSSR count). The van der Waals surface area contributed by atoms with Crippen LogP contribution in [0.15, 0.2) is 52.4 Å². The number of rotatable bonds is 8. The number of thiophene rings is 1. The Kier molecular flexibility index (Phi) is 6.14. The summed E-state index contributed by atoms with van der Waals surface area (Å²) >= 11 is 1.56. The maximum absolute atomic E-state index is 12.4. The van der Waals surface area contributed by atoms with Crippen molar-refractivity contribution in [2.45, 2.75) is 18.9 Å². The van der Waals surface area contributed by atoms with E-state index < -0.39 is 0 Å². The molecule has 26 heavy (non-hydrogen) atoms. The van der Waals surface area contributed by atoms with Gasteiger partial charge in [-0.3, -0.25) is 4.79 Å². The summed E-state index contributed by atoms with van der Waals surface area (Å²) in [6.45, 7) is 0.735. The zero-order valence-electron chi connectivity index (χ0n) is 14.9. The van der Waals surface area contributed by atoms with Crippen molar-refractivity contribution in [2.24, 2.45) is 0 Å². The van der Waals surface area contributed by atoms with Crippen molar-refractivity contribution in [1.29, 1.82) is 0 Å². The number of hydrogen-bond donors (Lipinski definition) is 1. The van der Waals surface area contributed by atoms with E-state index in [4.69, 9.17) is 4.52 Å². The van der Waals surface area contributed by atoms with Gasteiger partial charge in [0.05, 0.1) is 10.9 Å². The molecular formula is C19H22N4O2S. The summed E-state index contributed by atoms with van der Waals surface area (Å²) in [5.41, 5.74) is 1.09. The number of nitrogens with one attached hydrogen (secondary N) is 1. The second-order valence-corrected chi connectivity index (χ2v) is 7.23. The van der Waals surface area contributed by atoms with Gasteiger partial charge < -0.3 is 14.7 Å². The molecule has 2 heterocycles. The first kappa shape index (κ1) is 18.3. The van der Waals surface area contributed by atoms with Crippen LogP contribution in [0.25, 0.3) is 10.7 Å². The zero-order valence-corrected chi connectivity index (χ0v) is 15.7. The molecule has 0 spiro atoms. The number of amides is 1. The number of benzene rings is 1. The third kappa shape index (κ3) is 5.00. The lowest BCUT2D eigenvalue weighted by atomic mass is 10.1. The Morgan fingerprint density at radius 1 is 1.23 bits per heavy atom. The molecule has 6 nitrogen and oxygen atoms in total. The normalized spacial score (nSPS) is 12.3. The van der Waals surface area contributed by atoms with E-state index in [-0.39, 0.29) is 11.9 Å². The van der Waals surface area contributed by atoms with Gasteiger partial charge in [-0.1, -0.05) is 41.6 Å². The van der Waals surface area contributed by atoms with E-state index >= 15 is 0 Å². The van der Waals surface area contributed by atoms with Crippen LogP contribution < -0.4 is 5.32 Å². The van der Waals surface area contributed by atoms with Crippen LogP contribution in [-0.4, -0.2) is 41.6 Å². The highest BCUT2D eigenvalue weighted by Crippen LogP contribution is 2.21. The maximum atomic E-state index is 12.4. The SMILES string of the molecule is CN(C)CC(NC(=O)CCc1nc(-c2cccs2)no1)c1ccccc1. The summed E-state index contributed by atoms with van der Waals surface area (Å²) in [5.74, 6) is 1.02. The molecule has 0 saturated heterocycles. The minimum atomic E-state index is -0.0527. The number of aryl methyl sites for hydroxylation is 1. The lowest BCUT2D eigenvalue weighted by Crippen LogP contribution is -2.35. The molecule has 0 radical (unpaired) electrons. The lowest BCUT2D eigenvalue weighted by Gasteiger charge is -2.22. The minimum absolute atomic E-state index is 0.0309. The van der Waals surface area contributed by atoms with Gasteiger partial charge in [-0.05, 0) is 31.1 Å². The topological polar surface area (TPSA) is 71.3 Å². The van der Waals surface area contributed by atoms with Crippen LogP contribution in [0, 0.1) is 0 Å². The molecule has 7 heteroatoms. The van der Waals surface area contributed by atoms with Crippen LogP contribution in [0.2, 0.25) is 0 Å². The first-order valence-corrected chi connectivity index (χ1v) is 9.35. The fourth-order valence-corrected chi connectivity index (χ4v) is 3.28. The van der Waals surface area contributed by atoms with Gasteiger partial charge in [0.2, 0.25) is 17.6 Å². The summed E-state index contributed by atoms with van der Waals surface area (Å²) in [6, 6.07) is 13.8. The molecule has 0 fully saturated rings. The molecule has 3 aromatic rings. The average molecular weight is 370 g/mol. The first-order valence-electron chi connectivity index (χ1n) is 8.47. The number of nitrogens with zero attached hydrogens (tertiary/aromatic N) is 3. The molecule has 1 unspecified atom stereocenters. The molecule has 0 saturated carbocycles. The highest BCUT2D eigenvalue weighted by atomic mass is 32.1. The van der Waals surface area contributed by atoms with Gasteiger partial charge in [-0.2, -0.15) is 4.98 Å². The van der Waals surface area contributed by atoms with Crippen molar-refractivity contribution in [1.82, 2.24) is 20.4 Å². The van der Waals surface area contributed by atoms with Crippen molar-refractivity contribution >= 4 is 17.2 Å². The van der Waals surface area contributed by atoms with E-state index in [0.29, 0.717) is 24.6 Å². The van der Waals surface area contributed by atoms with Gasteiger partial charge in [0.15, 0.2) is 0 Å². The van der Waals surface area contributed by atoms with Crippen LogP contribution in [0.5, 0.6) is 0 Å². The Bertz CT molecular complexity index is 815. The van der Waals surface area contributed by atoms with Crippen LogP contribution in [0.3, 0.4) is 0 Å². The Hall–Kier alpha value is -2.51. The second-order valence-electron chi connectivity index (χ2n) is 6.28. The second kappa shape index (κ2) is 8.73. The molecule has 1 amide bonds. The van der Waals surface area contributed by atoms with Crippen molar-refractivity contribution in [3.05, 3.63) is 59.3 Å². The Morgan fingerprint density at radius 3 is 2.73 bits per heavy atom. The molecular weight excluding hydrogens is 348 g/mol. The number of carbonyl (C=O) groups is 1. The standard InChI is InChI=1S/C19H22N4O2S/c1-23(2)13-15(14-7-4-3-5-8-14)20-17(24)10-11-18-21-19(22-25-18)16-9-6-12-26-16/h3-9,12,15H,10-11,13H2,1-2H3,(H,20,24). The van der Waals surface area contributed by atoms with Crippen molar-refractivity contribution in [3.8, 4) is 10.7 Å². The molecule has 0 aliphatic rings. The van der Waals surface area contributed by atoms with Crippen LogP contribution in [0.4, 0.5) is 0 Å². The smallest absolute Gasteiger partial charge is 0.227 e. The summed E-state index contributed by atoms with van der Waals surface area (Å²) < 4.78 is 5.25. The predicted molar refractivity (Wildman–Crippen MR) is 102 cm³/mol. The molecule has 2 aromatic heterocycles. The summed E-state index contributed by atoms with van der Waals surface area (Å²) in [5, 5.41) is 9.04. The van der Waals surface area contributed by atoms with Gasteiger partial charge >= 0.3 is 0 Å². The third-order valence-corrected chi connectivity index (χ3v) is 4.73. The van der Waals surface area contributed by atoms with Crippen molar-refractivity contribution in [2.75, 3.05) is 20.6 Å². The number of aromatic nitrogens is 2. The number of carbonyl (C=O) groups excluding carboxylic acids is 1. The van der Waals surface area contributed by atoms with E-state index in [0.717, 1.165) is 17.0 Å². The number of hydrogen-bond acceptors (Lipinski definition) is 6. The quantitative estimate of drug-likeness (QED) is 0.659. The van der Waals surface area contributed by atoms with E-state index in [1.54, 1.807) is 11.3 Å². The van der Waals surface area contributed by atoms with E-state index in [2.05, 4.69) is 20.4 Å². The molecule has 1 N–H and O–H groups in total. The van der Waals surface area contributed by atoms with Gasteiger partial charge in [0, 0.05) is 19.4 Å². The van der Waals surface area contributed by atoms with Crippen LogP contribution >= 0.6 is 11.3 Å². The lowest BCUT2D eigenvalue weighted by molar-refractivity contribution is -0.122. The molecule has 1 atom stereocenters. The van der Waals surface area contributed by atoms with E-state index in [1.807, 2.05) is 61.9 Å². The average Bonchev–Trinajstić information content (AvgIpc) is 3.31. The molecule has 136 valence electrons. The zero-order chi connectivity index (χ0) is 18.4. The Labute approximate surface area is 156 Å². The summed E-state index contributed by atoms with van der Waals surface area (Å²) in [4.78, 5) is 19.8. The fraction of sp³-hybridized carbons (Fsp3) is 0.316. The third-order valence-electron chi connectivity index (χ3n) is 3.86. The van der Waals surface area contributed by atoms with E-state index in [9.17, 15) is 4.79 Å². The molecule has 0 aliphatic carbocycles. The Balaban J connectivity index is 1.57. The number of likely N-dealkylation sites (N-methyl/N-ethyl adjacent to an activating group) is 1. The minimum Gasteiger partial charge on any atom is -0.348 e. The predicted octanol–water partition coefficient (Wildman–Crippen LogP) is 3.15. The monoisotopic (exact) mass is 370 g/mol. The van der Waals surface area contributed by atoms with Gasteiger partial charge in [0.1, 0.15) is 0 Å². The largest absolute Gasteiger partial charge is 0.348 e. The van der Waals surface area contributed by atoms with E-state index in [1.165, 1.54) is 0 Å². The van der Waals surface area contributed by atoms with Crippen molar-refractivity contribution in [3.63, 3.8) is 0 Å². The summed E-state index contributed by atoms with van der Waals surface area (Å²) in [6.07, 6.45) is 0.733. The Morgan fingerprint density at radius 2 is 2.04 bits per heavy atom. The highest BCUT2D eigenvalue weighted by Gasteiger charge is 2.17.